The number of aryl methyl sites for hydroxylation is 2. The van der Waals surface area contributed by atoms with E-state index in [1.54, 1.807) is 11.8 Å². The van der Waals surface area contributed by atoms with Crippen molar-refractivity contribution in [1.29, 1.82) is 0 Å². The zero-order valence-electron chi connectivity index (χ0n) is 11.6. The predicted molar refractivity (Wildman–Crippen MR) is 81.9 cm³/mol. The Morgan fingerprint density at radius 2 is 1.79 bits per heavy atom. The molecule has 1 N–H and O–H groups in total. The van der Waals surface area contributed by atoms with E-state index >= 15 is 0 Å². The third-order valence-corrected chi connectivity index (χ3v) is 3.49. The van der Waals surface area contributed by atoms with Gasteiger partial charge in [0.2, 0.25) is 0 Å². The second kappa shape index (κ2) is 6.57. The van der Waals surface area contributed by atoms with Crippen LogP contribution in [0.3, 0.4) is 0 Å². The molecule has 0 aliphatic carbocycles. The Labute approximate surface area is 118 Å². The van der Waals surface area contributed by atoms with Crippen molar-refractivity contribution in [1.82, 2.24) is 10.2 Å². The molecule has 1 aromatic carbocycles. The summed E-state index contributed by atoms with van der Waals surface area (Å²) in [6, 6.07) is 10.6. The minimum atomic E-state index is 0.835. The first kappa shape index (κ1) is 13.9. The summed E-state index contributed by atoms with van der Waals surface area (Å²) >= 11 is 1.60. The smallest absolute Gasteiger partial charge is 0.148 e. The molecule has 0 aliphatic rings. The molecule has 0 atom stereocenters. The van der Waals surface area contributed by atoms with E-state index < -0.39 is 0 Å². The molecular formula is C15H19N3S. The molecule has 0 fully saturated rings. The number of hydrogen-bond acceptors (Lipinski definition) is 4. The molecular weight excluding hydrogens is 254 g/mol. The van der Waals surface area contributed by atoms with Crippen LogP contribution in [-0.2, 0) is 6.42 Å². The minimum Gasteiger partial charge on any atom is -0.368 e. The van der Waals surface area contributed by atoms with Crippen molar-refractivity contribution >= 4 is 17.6 Å². The summed E-state index contributed by atoms with van der Waals surface area (Å²) in [6.45, 7) is 5.14. The van der Waals surface area contributed by atoms with Crippen molar-refractivity contribution in [3.63, 3.8) is 0 Å². The van der Waals surface area contributed by atoms with Gasteiger partial charge in [-0.05, 0) is 44.2 Å². The summed E-state index contributed by atoms with van der Waals surface area (Å²) in [6.07, 6.45) is 2.99. The van der Waals surface area contributed by atoms with Crippen LogP contribution in [0.15, 0.2) is 35.4 Å². The normalized spacial score (nSPS) is 10.5. The molecule has 0 bridgehead atoms. The molecule has 0 spiro atoms. The third kappa shape index (κ3) is 4.24. The highest BCUT2D eigenvalue weighted by molar-refractivity contribution is 7.98. The Hall–Kier alpha value is -1.55. The van der Waals surface area contributed by atoms with Crippen molar-refractivity contribution in [2.75, 3.05) is 18.1 Å². The Bertz CT molecular complexity index is 517. The molecule has 1 heterocycles. The molecule has 0 amide bonds. The maximum absolute atomic E-state index is 4.13. The molecule has 0 unspecified atom stereocenters. The SMILES string of the molecule is CSc1ccc(NCCc2cc(C)cc(C)c2)nn1. The number of aromatic nitrogens is 2. The van der Waals surface area contributed by atoms with E-state index in [4.69, 9.17) is 0 Å². The lowest BCUT2D eigenvalue weighted by Crippen LogP contribution is -2.07. The van der Waals surface area contributed by atoms with Gasteiger partial charge < -0.3 is 5.32 Å². The van der Waals surface area contributed by atoms with Gasteiger partial charge in [-0.15, -0.1) is 22.0 Å². The minimum absolute atomic E-state index is 0.835. The van der Waals surface area contributed by atoms with Crippen molar-refractivity contribution in [3.8, 4) is 0 Å². The summed E-state index contributed by atoms with van der Waals surface area (Å²) in [7, 11) is 0. The maximum atomic E-state index is 4.13. The number of benzene rings is 1. The number of nitrogens with one attached hydrogen (secondary N) is 1. The number of thioether (sulfide) groups is 1. The fraction of sp³-hybridized carbons (Fsp3) is 0.333. The van der Waals surface area contributed by atoms with E-state index in [1.807, 2.05) is 18.4 Å². The van der Waals surface area contributed by atoms with Crippen molar-refractivity contribution in [2.45, 2.75) is 25.3 Å². The molecule has 0 saturated carbocycles. The summed E-state index contributed by atoms with van der Waals surface area (Å²) in [5.41, 5.74) is 4.00. The largest absolute Gasteiger partial charge is 0.368 e. The molecule has 3 nitrogen and oxygen atoms in total. The van der Waals surface area contributed by atoms with Gasteiger partial charge in [0.05, 0.1) is 0 Å². The van der Waals surface area contributed by atoms with E-state index in [0.29, 0.717) is 0 Å². The quantitative estimate of drug-likeness (QED) is 0.847. The zero-order valence-corrected chi connectivity index (χ0v) is 12.4. The molecule has 0 saturated heterocycles. The van der Waals surface area contributed by atoms with E-state index in [1.165, 1.54) is 16.7 Å². The highest BCUT2D eigenvalue weighted by Gasteiger charge is 1.98. The van der Waals surface area contributed by atoms with Gasteiger partial charge in [0, 0.05) is 6.54 Å². The van der Waals surface area contributed by atoms with Crippen LogP contribution < -0.4 is 5.32 Å². The van der Waals surface area contributed by atoms with E-state index in [0.717, 1.165) is 23.8 Å². The second-order valence-corrected chi connectivity index (χ2v) is 5.46. The number of nitrogens with zero attached hydrogens (tertiary/aromatic N) is 2. The van der Waals surface area contributed by atoms with Crippen LogP contribution in [0.25, 0.3) is 0 Å². The molecule has 0 radical (unpaired) electrons. The average molecular weight is 273 g/mol. The number of rotatable bonds is 5. The van der Waals surface area contributed by atoms with Crippen LogP contribution in [-0.4, -0.2) is 23.0 Å². The zero-order chi connectivity index (χ0) is 13.7. The Balaban J connectivity index is 1.88. The fourth-order valence-corrected chi connectivity index (χ4v) is 2.40. The summed E-state index contributed by atoms with van der Waals surface area (Å²) < 4.78 is 0. The van der Waals surface area contributed by atoms with Crippen molar-refractivity contribution in [3.05, 3.63) is 47.0 Å². The van der Waals surface area contributed by atoms with Crippen LogP contribution in [0.5, 0.6) is 0 Å². The predicted octanol–water partition coefficient (Wildman–Crippen LogP) is 3.47. The molecule has 100 valence electrons. The van der Waals surface area contributed by atoms with Gasteiger partial charge in [-0.3, -0.25) is 0 Å². The third-order valence-electron chi connectivity index (χ3n) is 2.85. The van der Waals surface area contributed by atoms with E-state index in [2.05, 4.69) is 47.6 Å². The molecule has 4 heteroatoms. The fourth-order valence-electron chi connectivity index (χ4n) is 2.07. The standard InChI is InChI=1S/C15H19N3S/c1-11-8-12(2)10-13(9-11)6-7-16-14-4-5-15(19-3)18-17-14/h4-5,8-10H,6-7H2,1-3H3,(H,16,17). The second-order valence-electron chi connectivity index (χ2n) is 4.63. The van der Waals surface area contributed by atoms with Gasteiger partial charge in [-0.2, -0.15) is 0 Å². The first-order valence-electron chi connectivity index (χ1n) is 6.36. The van der Waals surface area contributed by atoms with E-state index in [9.17, 15) is 0 Å². The Morgan fingerprint density at radius 3 is 2.37 bits per heavy atom. The molecule has 19 heavy (non-hydrogen) atoms. The summed E-state index contributed by atoms with van der Waals surface area (Å²) in [4.78, 5) is 0. The Kier molecular flexibility index (Phi) is 4.80. The van der Waals surface area contributed by atoms with Gasteiger partial charge >= 0.3 is 0 Å². The molecule has 2 aromatic rings. The maximum Gasteiger partial charge on any atom is 0.148 e. The summed E-state index contributed by atoms with van der Waals surface area (Å²) in [5, 5.41) is 12.5. The van der Waals surface area contributed by atoms with Crippen LogP contribution in [0.4, 0.5) is 5.82 Å². The topological polar surface area (TPSA) is 37.8 Å². The van der Waals surface area contributed by atoms with Crippen LogP contribution in [0.1, 0.15) is 16.7 Å². The van der Waals surface area contributed by atoms with Gasteiger partial charge in [-0.25, -0.2) is 0 Å². The average Bonchev–Trinajstić information content (AvgIpc) is 2.38. The lowest BCUT2D eigenvalue weighted by Gasteiger charge is -2.07. The van der Waals surface area contributed by atoms with Crippen molar-refractivity contribution < 1.29 is 0 Å². The lowest BCUT2D eigenvalue weighted by molar-refractivity contribution is 0.911. The number of hydrogen-bond donors (Lipinski definition) is 1. The van der Waals surface area contributed by atoms with Gasteiger partial charge in [0.25, 0.3) is 0 Å². The Morgan fingerprint density at radius 1 is 1.05 bits per heavy atom. The molecule has 0 aliphatic heterocycles. The molecule has 2 rings (SSSR count). The monoisotopic (exact) mass is 273 g/mol. The van der Waals surface area contributed by atoms with Crippen LogP contribution >= 0.6 is 11.8 Å². The lowest BCUT2D eigenvalue weighted by atomic mass is 10.1. The van der Waals surface area contributed by atoms with Gasteiger partial charge in [0.15, 0.2) is 0 Å². The van der Waals surface area contributed by atoms with Crippen molar-refractivity contribution in [2.24, 2.45) is 0 Å². The number of anilines is 1. The van der Waals surface area contributed by atoms with Crippen LogP contribution in [0.2, 0.25) is 0 Å². The van der Waals surface area contributed by atoms with Crippen LogP contribution in [0, 0.1) is 13.8 Å². The summed E-state index contributed by atoms with van der Waals surface area (Å²) in [5.74, 6) is 0.835. The van der Waals surface area contributed by atoms with Gasteiger partial charge in [0.1, 0.15) is 10.8 Å². The van der Waals surface area contributed by atoms with Gasteiger partial charge in [-0.1, -0.05) is 29.3 Å². The first-order valence-corrected chi connectivity index (χ1v) is 7.58. The highest BCUT2D eigenvalue weighted by atomic mass is 32.2. The molecule has 1 aromatic heterocycles. The van der Waals surface area contributed by atoms with E-state index in [-0.39, 0.29) is 0 Å². The first-order chi connectivity index (χ1) is 9.17. The highest BCUT2D eigenvalue weighted by Crippen LogP contribution is 2.12.